The number of anilines is 3. The van der Waals surface area contributed by atoms with Gasteiger partial charge in [-0.25, -0.2) is 13.4 Å². The normalized spacial score (nSPS) is 11.2. The second kappa shape index (κ2) is 7.17. The highest BCUT2D eigenvalue weighted by Gasteiger charge is 2.17. The van der Waals surface area contributed by atoms with Gasteiger partial charge in [0.05, 0.1) is 16.8 Å². The number of pyridine rings is 1. The van der Waals surface area contributed by atoms with Crippen LogP contribution in [0.15, 0.2) is 71.8 Å². The number of aromatic nitrogens is 1. The molecule has 26 heavy (non-hydrogen) atoms. The number of para-hydroxylation sites is 1. The predicted molar refractivity (Wildman–Crippen MR) is 105 cm³/mol. The van der Waals surface area contributed by atoms with Crippen LogP contribution in [0.4, 0.5) is 17.2 Å². The van der Waals surface area contributed by atoms with E-state index in [1.54, 1.807) is 31.2 Å². The zero-order chi connectivity index (χ0) is 18.7. The van der Waals surface area contributed by atoms with Gasteiger partial charge in [0.25, 0.3) is 10.0 Å². The van der Waals surface area contributed by atoms with Gasteiger partial charge in [-0.15, -0.1) is 0 Å². The molecule has 0 radical (unpaired) electrons. The number of nitrogens with zero attached hydrogens (tertiary/aromatic N) is 2. The minimum absolute atomic E-state index is 0.272. The van der Waals surface area contributed by atoms with E-state index in [1.807, 2.05) is 55.3 Å². The van der Waals surface area contributed by atoms with Crippen molar-refractivity contribution >= 4 is 27.2 Å². The summed E-state index contributed by atoms with van der Waals surface area (Å²) in [5.74, 6) is 0.727. The average molecular weight is 367 g/mol. The molecule has 0 amide bonds. The minimum Gasteiger partial charge on any atom is -0.329 e. The van der Waals surface area contributed by atoms with E-state index in [4.69, 9.17) is 0 Å². The standard InChI is InChI=1S/C20H21N3O2S/c1-15-9-11-19(16(2)13-15)26(24,25)22-17-10-12-20(21-14-17)23(3)18-7-5-4-6-8-18/h4-14,22H,1-3H3. The molecule has 0 saturated heterocycles. The predicted octanol–water partition coefficient (Wildman–Crippen LogP) is 4.27. The monoisotopic (exact) mass is 367 g/mol. The zero-order valence-electron chi connectivity index (χ0n) is 15.0. The van der Waals surface area contributed by atoms with Gasteiger partial charge < -0.3 is 4.90 Å². The summed E-state index contributed by atoms with van der Waals surface area (Å²) in [4.78, 5) is 6.57. The molecule has 0 bridgehead atoms. The van der Waals surface area contributed by atoms with Crippen molar-refractivity contribution < 1.29 is 8.42 Å². The Balaban J connectivity index is 1.81. The van der Waals surface area contributed by atoms with Crippen molar-refractivity contribution in [2.75, 3.05) is 16.7 Å². The fourth-order valence-corrected chi connectivity index (χ4v) is 4.01. The number of hydrogen-bond acceptors (Lipinski definition) is 4. The molecule has 1 aromatic heterocycles. The Morgan fingerprint density at radius 3 is 2.31 bits per heavy atom. The minimum atomic E-state index is -3.65. The summed E-state index contributed by atoms with van der Waals surface area (Å²) >= 11 is 0. The van der Waals surface area contributed by atoms with Crippen LogP contribution in [0.3, 0.4) is 0 Å². The lowest BCUT2D eigenvalue weighted by Gasteiger charge is -2.18. The van der Waals surface area contributed by atoms with Crippen molar-refractivity contribution in [3.05, 3.63) is 78.0 Å². The number of sulfonamides is 1. The summed E-state index contributed by atoms with van der Waals surface area (Å²) in [6, 6.07) is 18.6. The lowest BCUT2D eigenvalue weighted by molar-refractivity contribution is 0.600. The van der Waals surface area contributed by atoms with Crippen molar-refractivity contribution in [2.45, 2.75) is 18.7 Å². The zero-order valence-corrected chi connectivity index (χ0v) is 15.8. The van der Waals surface area contributed by atoms with Gasteiger partial charge in [0.2, 0.25) is 0 Å². The van der Waals surface area contributed by atoms with Crippen molar-refractivity contribution in [1.82, 2.24) is 4.98 Å². The molecular weight excluding hydrogens is 346 g/mol. The van der Waals surface area contributed by atoms with Gasteiger partial charge in [-0.2, -0.15) is 0 Å². The van der Waals surface area contributed by atoms with Gasteiger partial charge in [-0.05, 0) is 49.7 Å². The number of benzene rings is 2. The Morgan fingerprint density at radius 1 is 0.962 bits per heavy atom. The first-order valence-electron chi connectivity index (χ1n) is 8.22. The Morgan fingerprint density at radius 2 is 1.69 bits per heavy atom. The smallest absolute Gasteiger partial charge is 0.262 e. The molecule has 0 atom stereocenters. The van der Waals surface area contributed by atoms with E-state index in [0.29, 0.717) is 11.3 Å². The third kappa shape index (κ3) is 3.86. The molecule has 1 heterocycles. The van der Waals surface area contributed by atoms with Crippen LogP contribution in [0, 0.1) is 13.8 Å². The Bertz CT molecular complexity index is 1000. The molecule has 2 aromatic carbocycles. The molecule has 0 aliphatic rings. The van der Waals surface area contributed by atoms with Crippen LogP contribution in [-0.2, 0) is 10.0 Å². The van der Waals surface area contributed by atoms with E-state index in [0.717, 1.165) is 17.1 Å². The van der Waals surface area contributed by atoms with Gasteiger partial charge in [-0.3, -0.25) is 4.72 Å². The first-order chi connectivity index (χ1) is 12.4. The number of nitrogens with one attached hydrogen (secondary N) is 1. The van der Waals surface area contributed by atoms with E-state index < -0.39 is 10.0 Å². The summed E-state index contributed by atoms with van der Waals surface area (Å²) in [7, 11) is -1.74. The van der Waals surface area contributed by atoms with E-state index in [9.17, 15) is 8.42 Å². The van der Waals surface area contributed by atoms with Gasteiger partial charge in [0.15, 0.2) is 0 Å². The largest absolute Gasteiger partial charge is 0.329 e. The summed E-state index contributed by atoms with van der Waals surface area (Å²) in [5, 5.41) is 0. The maximum absolute atomic E-state index is 12.6. The number of hydrogen-bond donors (Lipinski definition) is 1. The average Bonchev–Trinajstić information content (AvgIpc) is 2.62. The first kappa shape index (κ1) is 17.9. The van der Waals surface area contributed by atoms with E-state index in [2.05, 4.69) is 9.71 Å². The van der Waals surface area contributed by atoms with Gasteiger partial charge >= 0.3 is 0 Å². The van der Waals surface area contributed by atoms with Crippen LogP contribution in [0.25, 0.3) is 0 Å². The Hall–Kier alpha value is -2.86. The Kier molecular flexibility index (Phi) is 4.95. The van der Waals surface area contributed by atoms with Crippen molar-refractivity contribution in [3.8, 4) is 0 Å². The molecule has 6 heteroatoms. The van der Waals surface area contributed by atoms with E-state index >= 15 is 0 Å². The van der Waals surface area contributed by atoms with E-state index in [1.165, 1.54) is 6.20 Å². The molecular formula is C20H21N3O2S. The summed E-state index contributed by atoms with van der Waals surface area (Å²) < 4.78 is 27.8. The first-order valence-corrected chi connectivity index (χ1v) is 9.70. The lowest BCUT2D eigenvalue weighted by atomic mass is 10.2. The molecule has 1 N–H and O–H groups in total. The maximum atomic E-state index is 12.6. The van der Waals surface area contributed by atoms with E-state index in [-0.39, 0.29) is 4.90 Å². The molecule has 3 rings (SSSR count). The van der Waals surface area contributed by atoms with Crippen molar-refractivity contribution in [2.24, 2.45) is 0 Å². The highest BCUT2D eigenvalue weighted by atomic mass is 32.2. The lowest BCUT2D eigenvalue weighted by Crippen LogP contribution is -2.15. The molecule has 0 aliphatic carbocycles. The van der Waals surface area contributed by atoms with Crippen LogP contribution in [0.2, 0.25) is 0 Å². The maximum Gasteiger partial charge on any atom is 0.262 e. The highest BCUT2D eigenvalue weighted by molar-refractivity contribution is 7.92. The third-order valence-electron chi connectivity index (χ3n) is 4.11. The second-order valence-corrected chi connectivity index (χ2v) is 7.82. The van der Waals surface area contributed by atoms with Gasteiger partial charge in [0.1, 0.15) is 5.82 Å². The SMILES string of the molecule is Cc1ccc(S(=O)(=O)Nc2ccc(N(C)c3ccccc3)nc2)c(C)c1. The molecule has 0 aliphatic heterocycles. The molecule has 5 nitrogen and oxygen atoms in total. The number of aryl methyl sites for hydroxylation is 2. The third-order valence-corrected chi connectivity index (χ3v) is 5.65. The molecule has 0 unspecified atom stereocenters. The summed E-state index contributed by atoms with van der Waals surface area (Å²) in [6.45, 7) is 3.72. The van der Waals surface area contributed by atoms with Crippen LogP contribution in [0.5, 0.6) is 0 Å². The highest BCUT2D eigenvalue weighted by Crippen LogP contribution is 2.24. The number of rotatable bonds is 5. The summed E-state index contributed by atoms with van der Waals surface area (Å²) in [6.07, 6.45) is 1.52. The fourth-order valence-electron chi connectivity index (χ4n) is 2.74. The topological polar surface area (TPSA) is 62.3 Å². The van der Waals surface area contributed by atoms with Crippen LogP contribution in [-0.4, -0.2) is 20.4 Å². The van der Waals surface area contributed by atoms with Crippen LogP contribution >= 0.6 is 0 Å². The fraction of sp³-hybridized carbons (Fsp3) is 0.150. The molecule has 134 valence electrons. The molecule has 0 spiro atoms. The molecule has 3 aromatic rings. The van der Waals surface area contributed by atoms with Crippen LogP contribution < -0.4 is 9.62 Å². The molecule has 0 saturated carbocycles. The van der Waals surface area contributed by atoms with Gasteiger partial charge in [0, 0.05) is 12.7 Å². The summed E-state index contributed by atoms with van der Waals surface area (Å²) in [5.41, 5.74) is 3.17. The second-order valence-electron chi connectivity index (χ2n) is 6.17. The van der Waals surface area contributed by atoms with Gasteiger partial charge in [-0.1, -0.05) is 35.9 Å². The quantitative estimate of drug-likeness (QED) is 0.732. The van der Waals surface area contributed by atoms with Crippen molar-refractivity contribution in [1.29, 1.82) is 0 Å². The Labute approximate surface area is 154 Å². The molecule has 0 fully saturated rings. The van der Waals surface area contributed by atoms with Crippen molar-refractivity contribution in [3.63, 3.8) is 0 Å². The van der Waals surface area contributed by atoms with Crippen LogP contribution in [0.1, 0.15) is 11.1 Å².